The third-order valence-corrected chi connectivity index (χ3v) is 68.0. The first kappa shape index (κ1) is 69.7. The van der Waals surface area contributed by atoms with Crippen LogP contribution in [0, 0.1) is 9.58 Å². The van der Waals surface area contributed by atoms with E-state index in [1.54, 1.807) is 109 Å². The topological polar surface area (TPSA) is 0 Å². The Kier molecular flexibility index (Phi) is 44.3. The molecule has 0 aromatic carbocycles. The summed E-state index contributed by atoms with van der Waals surface area (Å²) in [6, 6.07) is 29.3. The van der Waals surface area contributed by atoms with Gasteiger partial charge in [0.15, 0.2) is 0 Å². The Balaban J connectivity index is -0.00000112. The predicted molar refractivity (Wildman–Crippen MR) is 313 cm³/mol. The van der Waals surface area contributed by atoms with Gasteiger partial charge in [-0.05, 0) is 0 Å². The zero-order chi connectivity index (χ0) is 47.6. The molecule has 0 aliphatic rings. The van der Waals surface area contributed by atoms with Crippen molar-refractivity contribution in [3.63, 3.8) is 0 Å². The molecule has 379 valence electrons. The van der Waals surface area contributed by atoms with E-state index in [2.05, 4.69) is 134 Å². The zero-order valence-corrected chi connectivity index (χ0v) is 56.9. The van der Waals surface area contributed by atoms with Gasteiger partial charge in [0, 0.05) is 32.7 Å². The maximum Gasteiger partial charge on any atom is 0 e. The second-order valence-electron chi connectivity index (χ2n) is 21.9. The Morgan fingerprint density at radius 1 is 0.159 bits per heavy atom. The van der Waals surface area contributed by atoms with Crippen LogP contribution in [0.25, 0.3) is 0 Å². The van der Waals surface area contributed by atoms with Crippen LogP contribution in [0.5, 0.6) is 0 Å². The molecule has 0 heterocycles. The molecule has 0 saturated heterocycles. The van der Waals surface area contributed by atoms with Gasteiger partial charge in [-0.2, -0.15) is 0 Å². The molecular formula is C56H126Si6Y-2. The van der Waals surface area contributed by atoms with E-state index < -0.39 is 48.4 Å². The third-order valence-electron chi connectivity index (χ3n) is 16.3. The van der Waals surface area contributed by atoms with Crippen LogP contribution < -0.4 is 0 Å². The molecular weight excluding hydrogens is 930 g/mol. The standard InChI is InChI=1S/2C28H63Si3.Y/c2*1-10-19-29(20-11-2,21-12-3)28(30(22-13-4,23-14-5)24-15-6)31(25-16-7,26-17-8)27-18-9;/h2*10-27H2,1-9H3;/q2*-1;. The molecule has 0 aliphatic carbocycles. The van der Waals surface area contributed by atoms with Crippen molar-refractivity contribution in [3.05, 3.63) is 9.58 Å². The zero-order valence-electron chi connectivity index (χ0n) is 48.0. The number of hydrogen-bond acceptors (Lipinski definition) is 0. The molecule has 0 atom stereocenters. The molecule has 0 rings (SSSR count). The quantitative estimate of drug-likeness (QED) is 0.0422. The van der Waals surface area contributed by atoms with E-state index in [9.17, 15) is 0 Å². The Labute approximate surface area is 435 Å². The minimum Gasteiger partial charge on any atom is -0.309 e. The van der Waals surface area contributed by atoms with E-state index in [1.165, 1.54) is 116 Å². The minimum atomic E-state index is -1.38. The van der Waals surface area contributed by atoms with Crippen LogP contribution >= 0.6 is 0 Å². The molecule has 7 heteroatoms. The van der Waals surface area contributed by atoms with E-state index in [4.69, 9.17) is 0 Å². The molecule has 1 radical (unpaired) electrons. The summed E-state index contributed by atoms with van der Waals surface area (Å²) in [5.74, 6) is 0. The van der Waals surface area contributed by atoms with E-state index >= 15 is 0 Å². The summed E-state index contributed by atoms with van der Waals surface area (Å²) in [5.41, 5.74) is 0. The Bertz CT molecular complexity index is 701. The fraction of sp³-hybridized carbons (Fsp3) is 0.964. The molecule has 0 nitrogen and oxygen atoms in total. The molecule has 0 N–H and O–H groups in total. The Hall–Kier alpha value is 2.41. The van der Waals surface area contributed by atoms with E-state index in [0.29, 0.717) is 0 Å². The second-order valence-corrected chi connectivity index (χ2v) is 52.3. The molecule has 0 fully saturated rings. The monoisotopic (exact) mass is 1060 g/mol. The van der Waals surface area contributed by atoms with Gasteiger partial charge in [0.05, 0.1) is 0 Å². The SMILES string of the molecule is CCC[Si](CCC)(CCC)[C-]([Si](CCC)(CCC)CCC)[Si](CCC)(CCC)CCC.CCC[Si](CCC)(CCC)[C-]([Si](CCC)(CCC)CCC)[Si](CCC)(CCC)CCC.[Y]. The van der Waals surface area contributed by atoms with Crippen LogP contribution in [0.4, 0.5) is 0 Å². The van der Waals surface area contributed by atoms with Gasteiger partial charge in [-0.15, -0.1) is 0 Å². The van der Waals surface area contributed by atoms with Gasteiger partial charge < -0.3 is 9.58 Å². The maximum atomic E-state index is 2.54. The first-order valence-electron chi connectivity index (χ1n) is 29.6. The van der Waals surface area contributed by atoms with Crippen LogP contribution in [0.2, 0.25) is 109 Å². The summed E-state index contributed by atoms with van der Waals surface area (Å²) < 4.78 is 0. The summed E-state index contributed by atoms with van der Waals surface area (Å²) in [6.45, 7) is 45.4. The molecule has 0 aromatic heterocycles. The van der Waals surface area contributed by atoms with Gasteiger partial charge in [-0.25, -0.2) is 0 Å². The largest absolute Gasteiger partial charge is 0.309 e. The van der Waals surface area contributed by atoms with Gasteiger partial charge in [-0.3, -0.25) is 0 Å². The number of rotatable bonds is 42. The normalized spacial score (nSPS) is 13.1. The molecule has 0 unspecified atom stereocenters. The summed E-state index contributed by atoms with van der Waals surface area (Å²) >= 11 is 0. The molecule has 0 aromatic rings. The van der Waals surface area contributed by atoms with Gasteiger partial charge in [-0.1, -0.05) is 397 Å². The number of hydrogen-bond donors (Lipinski definition) is 0. The summed E-state index contributed by atoms with van der Waals surface area (Å²) in [7, 11) is -8.27. The van der Waals surface area contributed by atoms with Gasteiger partial charge in [0.2, 0.25) is 0 Å². The fourth-order valence-corrected chi connectivity index (χ4v) is 83.2. The fourth-order valence-electron chi connectivity index (χ4n) is 16.5. The summed E-state index contributed by atoms with van der Waals surface area (Å²) in [6.07, 6.45) is 26.0. The van der Waals surface area contributed by atoms with Gasteiger partial charge >= 0.3 is 0 Å². The van der Waals surface area contributed by atoms with Crippen LogP contribution in [0.1, 0.15) is 240 Å². The third kappa shape index (κ3) is 20.6. The van der Waals surface area contributed by atoms with Crippen LogP contribution in [0.15, 0.2) is 0 Å². The smallest absolute Gasteiger partial charge is 0 e. The average Bonchev–Trinajstić information content (AvgIpc) is 3.20. The van der Waals surface area contributed by atoms with Crippen molar-refractivity contribution >= 4 is 48.4 Å². The molecule has 0 amide bonds. The predicted octanol–water partition coefficient (Wildman–Crippen LogP) is 22.4. The first-order chi connectivity index (χ1) is 29.8. The Morgan fingerprint density at radius 3 is 0.270 bits per heavy atom. The van der Waals surface area contributed by atoms with Crippen molar-refractivity contribution in [3.8, 4) is 0 Å². The maximum absolute atomic E-state index is 2.54. The van der Waals surface area contributed by atoms with E-state index in [0.717, 1.165) is 0 Å². The molecule has 0 spiro atoms. The Morgan fingerprint density at radius 2 is 0.222 bits per heavy atom. The van der Waals surface area contributed by atoms with Crippen molar-refractivity contribution < 1.29 is 32.7 Å². The molecule has 0 aliphatic heterocycles. The van der Waals surface area contributed by atoms with Crippen molar-refractivity contribution in [1.82, 2.24) is 0 Å². The van der Waals surface area contributed by atoms with Crippen LogP contribution in [0.3, 0.4) is 0 Å². The van der Waals surface area contributed by atoms with E-state index in [1.807, 2.05) is 0 Å². The molecule has 0 bridgehead atoms. The second kappa shape index (κ2) is 40.0. The van der Waals surface area contributed by atoms with Crippen molar-refractivity contribution in [2.45, 2.75) is 349 Å². The van der Waals surface area contributed by atoms with Gasteiger partial charge in [0.25, 0.3) is 0 Å². The molecule has 0 saturated carbocycles. The van der Waals surface area contributed by atoms with Crippen molar-refractivity contribution in [2.75, 3.05) is 0 Å². The van der Waals surface area contributed by atoms with Crippen LogP contribution in [-0.2, 0) is 32.7 Å². The summed E-state index contributed by atoms with van der Waals surface area (Å²) in [4.78, 5) is 5.07. The first-order valence-corrected chi connectivity index (χ1v) is 45.3. The summed E-state index contributed by atoms with van der Waals surface area (Å²) in [5, 5.41) is 0. The van der Waals surface area contributed by atoms with Gasteiger partial charge in [0.1, 0.15) is 0 Å². The van der Waals surface area contributed by atoms with E-state index in [-0.39, 0.29) is 32.7 Å². The van der Waals surface area contributed by atoms with Crippen LogP contribution in [-0.4, -0.2) is 48.4 Å². The van der Waals surface area contributed by atoms with Crippen molar-refractivity contribution in [1.29, 1.82) is 0 Å². The molecule has 63 heavy (non-hydrogen) atoms. The van der Waals surface area contributed by atoms with Crippen molar-refractivity contribution in [2.24, 2.45) is 0 Å². The minimum absolute atomic E-state index is 0. The average molecular weight is 1060 g/mol.